The van der Waals surface area contributed by atoms with E-state index >= 15 is 0 Å². The van der Waals surface area contributed by atoms with Crippen LogP contribution in [0.3, 0.4) is 0 Å². The van der Waals surface area contributed by atoms with E-state index in [1.807, 2.05) is 6.07 Å². The van der Waals surface area contributed by atoms with Crippen molar-refractivity contribution in [1.29, 1.82) is 0 Å². The number of benzene rings is 1. The van der Waals surface area contributed by atoms with Gasteiger partial charge in [0.15, 0.2) is 0 Å². The summed E-state index contributed by atoms with van der Waals surface area (Å²) in [7, 11) is 4.37. The highest BCUT2D eigenvalue weighted by Gasteiger charge is 2.40. The molecule has 3 nitrogen and oxygen atoms in total. The van der Waals surface area contributed by atoms with E-state index in [1.54, 1.807) is 11.3 Å². The molecular formula is C17H25N3S. The van der Waals surface area contributed by atoms with Crippen molar-refractivity contribution in [3.8, 4) is 0 Å². The molecule has 0 aliphatic heterocycles. The number of hydrogen-bond acceptors (Lipinski definition) is 4. The quantitative estimate of drug-likeness (QED) is 0.941. The van der Waals surface area contributed by atoms with Crippen molar-refractivity contribution in [1.82, 2.24) is 9.88 Å². The Hall–Kier alpha value is -0.970. The first-order chi connectivity index (χ1) is 10.1. The summed E-state index contributed by atoms with van der Waals surface area (Å²) >= 11 is 1.79. The number of hydrogen-bond donors (Lipinski definition) is 1. The molecule has 0 saturated heterocycles. The van der Waals surface area contributed by atoms with Gasteiger partial charge in [0, 0.05) is 18.0 Å². The Bertz CT molecular complexity index is 566. The van der Waals surface area contributed by atoms with E-state index < -0.39 is 0 Å². The van der Waals surface area contributed by atoms with E-state index in [0.29, 0.717) is 0 Å². The average molecular weight is 303 g/mol. The summed E-state index contributed by atoms with van der Waals surface area (Å²) in [5, 5.41) is 1.18. The number of nitrogens with zero attached hydrogens (tertiary/aromatic N) is 2. The zero-order valence-electron chi connectivity index (χ0n) is 13.0. The number of rotatable bonds is 4. The summed E-state index contributed by atoms with van der Waals surface area (Å²) < 4.78 is 1.27. The second kappa shape index (κ2) is 6.03. The smallest absolute Gasteiger partial charge is 0.0954 e. The van der Waals surface area contributed by atoms with Gasteiger partial charge in [-0.05, 0) is 39.1 Å². The van der Waals surface area contributed by atoms with Crippen LogP contribution in [0, 0.1) is 0 Å². The van der Waals surface area contributed by atoms with Crippen LogP contribution in [0.2, 0.25) is 0 Å². The number of aromatic nitrogens is 1. The number of likely N-dealkylation sites (N-methyl/N-ethyl adjacent to an activating group) is 1. The van der Waals surface area contributed by atoms with Crippen molar-refractivity contribution >= 4 is 21.6 Å². The minimum atomic E-state index is 0.149. The Morgan fingerprint density at radius 1 is 1.24 bits per heavy atom. The minimum Gasteiger partial charge on any atom is -0.326 e. The van der Waals surface area contributed by atoms with Crippen LogP contribution in [0.15, 0.2) is 24.3 Å². The van der Waals surface area contributed by atoms with Gasteiger partial charge in [0.1, 0.15) is 0 Å². The Morgan fingerprint density at radius 2 is 1.95 bits per heavy atom. The lowest BCUT2D eigenvalue weighted by molar-refractivity contribution is 0.0716. The van der Waals surface area contributed by atoms with Gasteiger partial charge in [-0.1, -0.05) is 31.4 Å². The highest BCUT2D eigenvalue weighted by Crippen LogP contribution is 2.36. The SMILES string of the molecule is CN(C)C1(C(N)Cc2nc3ccccc3s2)CCCCC1. The average Bonchev–Trinajstić information content (AvgIpc) is 2.89. The molecule has 0 amide bonds. The van der Waals surface area contributed by atoms with Gasteiger partial charge in [0.05, 0.1) is 15.2 Å². The van der Waals surface area contributed by atoms with Crippen molar-refractivity contribution in [2.75, 3.05) is 14.1 Å². The molecule has 0 spiro atoms. The predicted molar refractivity (Wildman–Crippen MR) is 90.8 cm³/mol. The molecule has 0 radical (unpaired) electrons. The predicted octanol–water partition coefficient (Wildman–Crippen LogP) is 3.43. The fourth-order valence-electron chi connectivity index (χ4n) is 3.70. The van der Waals surface area contributed by atoms with Crippen molar-refractivity contribution in [3.63, 3.8) is 0 Å². The summed E-state index contributed by atoms with van der Waals surface area (Å²) in [6.07, 6.45) is 7.26. The van der Waals surface area contributed by atoms with E-state index in [0.717, 1.165) is 11.9 Å². The van der Waals surface area contributed by atoms with Crippen LogP contribution in [-0.2, 0) is 6.42 Å². The first-order valence-corrected chi connectivity index (χ1v) is 8.71. The third kappa shape index (κ3) is 2.85. The first kappa shape index (κ1) is 14.9. The molecule has 1 aliphatic carbocycles. The van der Waals surface area contributed by atoms with Gasteiger partial charge in [0.2, 0.25) is 0 Å². The van der Waals surface area contributed by atoms with Crippen LogP contribution in [0.5, 0.6) is 0 Å². The molecule has 1 heterocycles. The highest BCUT2D eigenvalue weighted by molar-refractivity contribution is 7.18. The van der Waals surface area contributed by atoms with E-state index in [-0.39, 0.29) is 11.6 Å². The third-order valence-corrected chi connectivity index (χ3v) is 6.09. The second-order valence-corrected chi connectivity index (χ2v) is 7.56. The van der Waals surface area contributed by atoms with E-state index in [1.165, 1.54) is 41.8 Å². The zero-order chi connectivity index (χ0) is 14.9. The summed E-state index contributed by atoms with van der Waals surface area (Å²) in [5.74, 6) is 0. The van der Waals surface area contributed by atoms with Crippen LogP contribution in [0.4, 0.5) is 0 Å². The van der Waals surface area contributed by atoms with Gasteiger partial charge in [-0.15, -0.1) is 11.3 Å². The Morgan fingerprint density at radius 3 is 2.62 bits per heavy atom. The minimum absolute atomic E-state index is 0.149. The fraction of sp³-hybridized carbons (Fsp3) is 0.588. The van der Waals surface area contributed by atoms with E-state index in [9.17, 15) is 0 Å². The van der Waals surface area contributed by atoms with Crippen LogP contribution >= 0.6 is 11.3 Å². The second-order valence-electron chi connectivity index (χ2n) is 6.44. The van der Waals surface area contributed by atoms with Crippen molar-refractivity contribution in [2.45, 2.75) is 50.1 Å². The molecule has 1 aromatic heterocycles. The Kier molecular flexibility index (Phi) is 4.29. The molecule has 1 saturated carbocycles. The molecule has 1 atom stereocenters. The summed E-state index contributed by atoms with van der Waals surface area (Å²) in [4.78, 5) is 7.12. The van der Waals surface area contributed by atoms with Crippen molar-refractivity contribution in [3.05, 3.63) is 29.3 Å². The molecular weight excluding hydrogens is 278 g/mol. The largest absolute Gasteiger partial charge is 0.326 e. The van der Waals surface area contributed by atoms with Crippen LogP contribution < -0.4 is 5.73 Å². The van der Waals surface area contributed by atoms with Gasteiger partial charge in [-0.3, -0.25) is 0 Å². The number of thiazole rings is 1. The van der Waals surface area contributed by atoms with E-state index in [4.69, 9.17) is 10.7 Å². The highest BCUT2D eigenvalue weighted by atomic mass is 32.1. The van der Waals surface area contributed by atoms with Gasteiger partial charge in [-0.25, -0.2) is 4.98 Å². The molecule has 3 rings (SSSR count). The molecule has 4 heteroatoms. The number of fused-ring (bicyclic) bond motifs is 1. The van der Waals surface area contributed by atoms with Crippen LogP contribution in [0.1, 0.15) is 37.1 Å². The van der Waals surface area contributed by atoms with Gasteiger partial charge >= 0.3 is 0 Å². The lowest BCUT2D eigenvalue weighted by atomic mass is 9.74. The monoisotopic (exact) mass is 303 g/mol. The van der Waals surface area contributed by atoms with Crippen molar-refractivity contribution < 1.29 is 0 Å². The van der Waals surface area contributed by atoms with Crippen LogP contribution in [0.25, 0.3) is 10.2 Å². The molecule has 1 aliphatic rings. The third-order valence-electron chi connectivity index (χ3n) is 5.03. The molecule has 1 unspecified atom stereocenters. The Labute approximate surface area is 131 Å². The van der Waals surface area contributed by atoms with Gasteiger partial charge in [-0.2, -0.15) is 0 Å². The standard InChI is InChI=1S/C17H25N3S/c1-20(2)17(10-6-3-7-11-17)15(18)12-16-19-13-8-4-5-9-14(13)21-16/h4-5,8-9,15H,3,6-7,10-12,18H2,1-2H3. The van der Waals surface area contributed by atoms with Gasteiger partial charge < -0.3 is 10.6 Å². The molecule has 0 bridgehead atoms. The molecule has 1 fully saturated rings. The lowest BCUT2D eigenvalue weighted by Crippen LogP contribution is -2.59. The maximum atomic E-state index is 6.66. The summed E-state index contributed by atoms with van der Waals surface area (Å²) in [6, 6.07) is 8.52. The summed E-state index contributed by atoms with van der Waals surface area (Å²) in [5.41, 5.74) is 7.92. The fourth-order valence-corrected chi connectivity index (χ4v) is 4.72. The van der Waals surface area contributed by atoms with Gasteiger partial charge in [0.25, 0.3) is 0 Å². The Balaban J connectivity index is 1.81. The first-order valence-electron chi connectivity index (χ1n) is 7.89. The summed E-state index contributed by atoms with van der Waals surface area (Å²) in [6.45, 7) is 0. The molecule has 2 aromatic rings. The number of nitrogens with two attached hydrogens (primary N) is 1. The number of para-hydroxylation sites is 1. The van der Waals surface area contributed by atoms with Crippen LogP contribution in [-0.4, -0.2) is 35.6 Å². The maximum absolute atomic E-state index is 6.66. The van der Waals surface area contributed by atoms with E-state index in [2.05, 4.69) is 37.2 Å². The molecule has 1 aromatic carbocycles. The molecule has 21 heavy (non-hydrogen) atoms. The normalized spacial score (nSPS) is 20.0. The van der Waals surface area contributed by atoms with Crippen molar-refractivity contribution in [2.24, 2.45) is 5.73 Å². The lowest BCUT2D eigenvalue weighted by Gasteiger charge is -2.47. The maximum Gasteiger partial charge on any atom is 0.0954 e. The molecule has 2 N–H and O–H groups in total. The molecule has 114 valence electrons. The topological polar surface area (TPSA) is 42.1 Å². The zero-order valence-corrected chi connectivity index (χ0v) is 13.8.